The van der Waals surface area contributed by atoms with Crippen LogP contribution >= 0.6 is 0 Å². The van der Waals surface area contributed by atoms with Gasteiger partial charge in [0.2, 0.25) is 0 Å². The number of sulfonamides is 1. The quantitative estimate of drug-likeness (QED) is 0.862. The van der Waals surface area contributed by atoms with Crippen molar-refractivity contribution >= 4 is 15.7 Å². The smallest absolute Gasteiger partial charge is 0.261 e. The molecule has 0 aliphatic rings. The van der Waals surface area contributed by atoms with E-state index in [1.807, 2.05) is 18.2 Å². The minimum atomic E-state index is -3.53. The molecule has 0 aliphatic carbocycles. The fourth-order valence-corrected chi connectivity index (χ4v) is 2.89. The first kappa shape index (κ1) is 15.5. The Balaban J connectivity index is 2.10. The Hall–Kier alpha value is -1.85. The van der Waals surface area contributed by atoms with Gasteiger partial charge in [-0.3, -0.25) is 4.72 Å². The molecule has 4 nitrogen and oxygen atoms in total. The Morgan fingerprint density at radius 2 is 1.57 bits per heavy atom. The van der Waals surface area contributed by atoms with Gasteiger partial charge in [-0.15, -0.1) is 0 Å². The Kier molecular flexibility index (Phi) is 4.98. The molecule has 2 rings (SSSR count). The van der Waals surface area contributed by atoms with Crippen LogP contribution in [0.5, 0.6) is 0 Å². The minimum Gasteiger partial charge on any atom is -0.310 e. The van der Waals surface area contributed by atoms with Crippen LogP contribution in [-0.2, 0) is 16.6 Å². The van der Waals surface area contributed by atoms with Gasteiger partial charge in [0.15, 0.2) is 0 Å². The van der Waals surface area contributed by atoms with Gasteiger partial charge in [-0.25, -0.2) is 8.42 Å². The van der Waals surface area contributed by atoms with Crippen LogP contribution in [0.15, 0.2) is 59.5 Å². The molecule has 0 heterocycles. The molecule has 2 aromatic carbocycles. The highest BCUT2D eigenvalue weighted by Crippen LogP contribution is 2.16. The highest BCUT2D eigenvalue weighted by Gasteiger charge is 2.13. The van der Waals surface area contributed by atoms with E-state index in [-0.39, 0.29) is 4.90 Å². The van der Waals surface area contributed by atoms with E-state index in [4.69, 9.17) is 0 Å². The normalized spacial score (nSPS) is 11.6. The van der Waals surface area contributed by atoms with Gasteiger partial charge in [-0.1, -0.05) is 44.2 Å². The van der Waals surface area contributed by atoms with Gasteiger partial charge in [-0.05, 0) is 29.8 Å². The predicted octanol–water partition coefficient (Wildman–Crippen LogP) is 2.99. The summed E-state index contributed by atoms with van der Waals surface area (Å²) in [7, 11) is -3.53. The SMILES string of the molecule is CC(C)NCc1ccc(S(=O)(=O)Nc2ccccc2)cc1. The average Bonchev–Trinajstić information content (AvgIpc) is 2.46. The third kappa shape index (κ3) is 4.58. The first-order valence-electron chi connectivity index (χ1n) is 6.87. The molecular weight excluding hydrogens is 284 g/mol. The van der Waals surface area contributed by atoms with E-state index in [0.717, 1.165) is 12.1 Å². The van der Waals surface area contributed by atoms with Gasteiger partial charge in [0.25, 0.3) is 10.0 Å². The fraction of sp³-hybridized carbons (Fsp3) is 0.250. The zero-order valence-corrected chi connectivity index (χ0v) is 13.0. The predicted molar refractivity (Wildman–Crippen MR) is 85.7 cm³/mol. The summed E-state index contributed by atoms with van der Waals surface area (Å²) in [5.74, 6) is 0. The fourth-order valence-electron chi connectivity index (χ4n) is 1.83. The molecule has 2 N–H and O–H groups in total. The summed E-state index contributed by atoms with van der Waals surface area (Å²) < 4.78 is 27.1. The number of hydrogen-bond acceptors (Lipinski definition) is 3. The molecule has 2 aromatic rings. The summed E-state index contributed by atoms with van der Waals surface area (Å²) in [5.41, 5.74) is 1.62. The van der Waals surface area contributed by atoms with Crippen LogP contribution in [0.1, 0.15) is 19.4 Å². The molecule has 0 aromatic heterocycles. The second-order valence-corrected chi connectivity index (χ2v) is 6.83. The van der Waals surface area contributed by atoms with Crippen molar-refractivity contribution in [2.75, 3.05) is 4.72 Å². The van der Waals surface area contributed by atoms with Gasteiger partial charge in [-0.2, -0.15) is 0 Å². The van der Waals surface area contributed by atoms with Crippen LogP contribution in [0.2, 0.25) is 0 Å². The second kappa shape index (κ2) is 6.74. The van der Waals surface area contributed by atoms with E-state index in [9.17, 15) is 8.42 Å². The van der Waals surface area contributed by atoms with E-state index in [1.54, 1.807) is 36.4 Å². The lowest BCUT2D eigenvalue weighted by atomic mass is 10.2. The standard InChI is InChI=1S/C16H20N2O2S/c1-13(2)17-12-14-8-10-16(11-9-14)21(19,20)18-15-6-4-3-5-7-15/h3-11,13,17-18H,12H2,1-2H3. The molecule has 0 radical (unpaired) electrons. The molecule has 0 aliphatic heterocycles. The first-order valence-corrected chi connectivity index (χ1v) is 8.36. The van der Waals surface area contributed by atoms with Crippen molar-refractivity contribution in [2.24, 2.45) is 0 Å². The number of hydrogen-bond donors (Lipinski definition) is 2. The molecule has 0 amide bonds. The molecule has 0 bridgehead atoms. The Labute approximate surface area is 126 Å². The zero-order valence-electron chi connectivity index (χ0n) is 12.2. The van der Waals surface area contributed by atoms with Crippen molar-refractivity contribution in [2.45, 2.75) is 31.3 Å². The summed E-state index contributed by atoms with van der Waals surface area (Å²) in [6, 6.07) is 16.2. The summed E-state index contributed by atoms with van der Waals surface area (Å²) in [6.07, 6.45) is 0. The van der Waals surface area contributed by atoms with E-state index < -0.39 is 10.0 Å². The van der Waals surface area contributed by atoms with Gasteiger partial charge >= 0.3 is 0 Å². The topological polar surface area (TPSA) is 58.2 Å². The molecule has 0 saturated carbocycles. The number of nitrogens with one attached hydrogen (secondary N) is 2. The van der Waals surface area contributed by atoms with Crippen LogP contribution in [-0.4, -0.2) is 14.5 Å². The summed E-state index contributed by atoms with van der Waals surface area (Å²) in [6.45, 7) is 4.87. The van der Waals surface area contributed by atoms with Crippen LogP contribution in [0.25, 0.3) is 0 Å². The molecule has 0 atom stereocenters. The maximum atomic E-state index is 12.3. The molecular formula is C16H20N2O2S. The van der Waals surface area contributed by atoms with Crippen LogP contribution in [0, 0.1) is 0 Å². The molecule has 21 heavy (non-hydrogen) atoms. The lowest BCUT2D eigenvalue weighted by Crippen LogP contribution is -2.21. The lowest BCUT2D eigenvalue weighted by molar-refractivity contribution is 0.588. The van der Waals surface area contributed by atoms with Crippen molar-refractivity contribution < 1.29 is 8.42 Å². The van der Waals surface area contributed by atoms with Gasteiger partial charge in [0, 0.05) is 18.3 Å². The van der Waals surface area contributed by atoms with Crippen molar-refractivity contribution in [1.82, 2.24) is 5.32 Å². The highest BCUT2D eigenvalue weighted by atomic mass is 32.2. The third-order valence-electron chi connectivity index (χ3n) is 2.97. The zero-order chi connectivity index (χ0) is 15.3. The summed E-state index contributed by atoms with van der Waals surface area (Å²) in [4.78, 5) is 0.264. The number of rotatable bonds is 6. The van der Waals surface area contributed by atoms with E-state index in [2.05, 4.69) is 23.9 Å². The van der Waals surface area contributed by atoms with Crippen molar-refractivity contribution in [3.05, 3.63) is 60.2 Å². The number of para-hydroxylation sites is 1. The Morgan fingerprint density at radius 1 is 0.952 bits per heavy atom. The molecule has 0 spiro atoms. The number of anilines is 1. The maximum absolute atomic E-state index is 12.3. The monoisotopic (exact) mass is 304 g/mol. The van der Waals surface area contributed by atoms with Crippen molar-refractivity contribution in [3.8, 4) is 0 Å². The van der Waals surface area contributed by atoms with Crippen molar-refractivity contribution in [1.29, 1.82) is 0 Å². The van der Waals surface area contributed by atoms with Gasteiger partial charge < -0.3 is 5.32 Å². The number of benzene rings is 2. The van der Waals surface area contributed by atoms with Crippen LogP contribution < -0.4 is 10.0 Å². The summed E-state index contributed by atoms with van der Waals surface area (Å²) >= 11 is 0. The van der Waals surface area contributed by atoms with Crippen molar-refractivity contribution in [3.63, 3.8) is 0 Å². The van der Waals surface area contributed by atoms with Gasteiger partial charge in [0.05, 0.1) is 4.90 Å². The van der Waals surface area contributed by atoms with Gasteiger partial charge in [0.1, 0.15) is 0 Å². The van der Waals surface area contributed by atoms with E-state index in [1.165, 1.54) is 0 Å². The average molecular weight is 304 g/mol. The molecule has 0 fully saturated rings. The molecule has 0 saturated heterocycles. The Morgan fingerprint density at radius 3 is 2.14 bits per heavy atom. The molecule has 112 valence electrons. The second-order valence-electron chi connectivity index (χ2n) is 5.15. The molecule has 0 unspecified atom stereocenters. The van der Waals surface area contributed by atoms with E-state index >= 15 is 0 Å². The van der Waals surface area contributed by atoms with E-state index in [0.29, 0.717) is 11.7 Å². The van der Waals surface area contributed by atoms with Crippen LogP contribution in [0.4, 0.5) is 5.69 Å². The minimum absolute atomic E-state index is 0.264. The lowest BCUT2D eigenvalue weighted by Gasteiger charge is -2.10. The third-order valence-corrected chi connectivity index (χ3v) is 4.37. The first-order chi connectivity index (χ1) is 9.97. The summed E-state index contributed by atoms with van der Waals surface area (Å²) in [5, 5.41) is 3.29. The largest absolute Gasteiger partial charge is 0.310 e. The highest BCUT2D eigenvalue weighted by molar-refractivity contribution is 7.92. The maximum Gasteiger partial charge on any atom is 0.261 e. The Bertz CT molecular complexity index is 665. The molecule has 5 heteroatoms. The van der Waals surface area contributed by atoms with Crippen LogP contribution in [0.3, 0.4) is 0 Å².